The average Bonchev–Trinajstić information content (AvgIpc) is 2.65. The maximum Gasteiger partial charge on any atom is 0.180 e. The Morgan fingerprint density at radius 1 is 1.24 bits per heavy atom. The minimum Gasteiger partial charge on any atom is -0.481 e. The van der Waals surface area contributed by atoms with Crippen molar-refractivity contribution in [3.63, 3.8) is 0 Å². The fraction of sp³-hybridized carbons (Fsp3) is 0.500. The summed E-state index contributed by atoms with van der Waals surface area (Å²) >= 11 is 0. The molecule has 4 rings (SSSR count). The molecule has 3 heteroatoms. The summed E-state index contributed by atoms with van der Waals surface area (Å²) in [5.74, 6) is 6.62. The number of ether oxygens (including phenoxy) is 1. The van der Waals surface area contributed by atoms with E-state index in [1.54, 1.807) is 0 Å². The zero-order valence-corrected chi connectivity index (χ0v) is 14.5. The van der Waals surface area contributed by atoms with Gasteiger partial charge in [-0.2, -0.15) is 0 Å². The van der Waals surface area contributed by atoms with Gasteiger partial charge in [0.25, 0.3) is 0 Å². The highest BCUT2D eigenvalue weighted by Crippen LogP contribution is 2.56. The van der Waals surface area contributed by atoms with Crippen molar-refractivity contribution in [2.75, 3.05) is 19.7 Å². The van der Waals surface area contributed by atoms with Gasteiger partial charge in [-0.3, -0.25) is 9.69 Å². The van der Waals surface area contributed by atoms with Crippen molar-refractivity contribution in [2.24, 2.45) is 5.92 Å². The van der Waals surface area contributed by atoms with Crippen molar-refractivity contribution in [3.8, 4) is 30.4 Å². The van der Waals surface area contributed by atoms with Gasteiger partial charge in [-0.15, -0.1) is 12.8 Å². The number of fused-ring (bicyclic) bond motifs is 1. The van der Waals surface area contributed by atoms with E-state index in [1.807, 2.05) is 12.1 Å². The number of Topliss-reactive ketones (excluding diaryl/α,β-unsaturated/α-hetero) is 1. The lowest BCUT2D eigenvalue weighted by atomic mass is 9.52. The van der Waals surface area contributed by atoms with E-state index in [4.69, 9.17) is 17.6 Å². The fourth-order valence-corrected chi connectivity index (χ4v) is 5.41. The van der Waals surface area contributed by atoms with E-state index in [1.165, 1.54) is 18.4 Å². The van der Waals surface area contributed by atoms with Crippen LogP contribution in [0.4, 0.5) is 0 Å². The Hall–Kier alpha value is -2.23. The number of ketones is 1. The highest BCUT2D eigenvalue weighted by atomic mass is 16.5. The molecule has 1 saturated heterocycles. The number of nitrogens with zero attached hydrogens (tertiary/aromatic N) is 1. The average molecular weight is 333 g/mol. The summed E-state index contributed by atoms with van der Waals surface area (Å²) in [4.78, 5) is 15.5. The SMILES string of the molecule is C#CCOc1ccc2c(c1)[C@@]13CCCC[C@H]1[C@H](C2=O)N(CC#C)CC3. The van der Waals surface area contributed by atoms with Gasteiger partial charge in [-0.1, -0.05) is 24.7 Å². The second kappa shape index (κ2) is 6.25. The van der Waals surface area contributed by atoms with Gasteiger partial charge < -0.3 is 4.74 Å². The summed E-state index contributed by atoms with van der Waals surface area (Å²) in [6, 6.07) is 5.82. The van der Waals surface area contributed by atoms with Crippen LogP contribution in [0.25, 0.3) is 0 Å². The summed E-state index contributed by atoms with van der Waals surface area (Å²) in [6.07, 6.45) is 16.6. The molecule has 3 aliphatic rings. The highest BCUT2D eigenvalue weighted by Gasteiger charge is 2.56. The molecule has 0 radical (unpaired) electrons. The van der Waals surface area contributed by atoms with Gasteiger partial charge in [0.1, 0.15) is 12.4 Å². The molecule has 1 heterocycles. The second-order valence-corrected chi connectivity index (χ2v) is 7.44. The van der Waals surface area contributed by atoms with Crippen LogP contribution in [0.3, 0.4) is 0 Å². The smallest absolute Gasteiger partial charge is 0.180 e. The lowest BCUT2D eigenvalue weighted by Crippen LogP contribution is -2.63. The van der Waals surface area contributed by atoms with E-state index in [-0.39, 0.29) is 23.8 Å². The van der Waals surface area contributed by atoms with Crippen LogP contribution in [0.15, 0.2) is 18.2 Å². The van der Waals surface area contributed by atoms with Gasteiger partial charge >= 0.3 is 0 Å². The van der Waals surface area contributed by atoms with Gasteiger partial charge in [-0.25, -0.2) is 0 Å². The molecule has 0 spiro atoms. The number of likely N-dealkylation sites (tertiary alicyclic amines) is 1. The Morgan fingerprint density at radius 2 is 2.12 bits per heavy atom. The molecular weight excluding hydrogens is 310 g/mol. The minimum absolute atomic E-state index is 0.0601. The zero-order valence-electron chi connectivity index (χ0n) is 14.5. The van der Waals surface area contributed by atoms with Crippen molar-refractivity contribution in [1.82, 2.24) is 4.90 Å². The quantitative estimate of drug-likeness (QED) is 0.797. The second-order valence-electron chi connectivity index (χ2n) is 7.44. The fourth-order valence-electron chi connectivity index (χ4n) is 5.41. The van der Waals surface area contributed by atoms with Crippen LogP contribution in [0.1, 0.15) is 48.0 Å². The summed E-state index contributed by atoms with van der Waals surface area (Å²) in [7, 11) is 0. The van der Waals surface area contributed by atoms with Gasteiger partial charge in [0.2, 0.25) is 0 Å². The van der Waals surface area contributed by atoms with Crippen LogP contribution >= 0.6 is 0 Å². The largest absolute Gasteiger partial charge is 0.481 e. The van der Waals surface area contributed by atoms with Crippen molar-refractivity contribution in [1.29, 1.82) is 0 Å². The maximum atomic E-state index is 13.3. The summed E-state index contributed by atoms with van der Waals surface area (Å²) in [5, 5.41) is 0. The first-order valence-corrected chi connectivity index (χ1v) is 9.14. The van der Waals surface area contributed by atoms with Gasteiger partial charge in [0.15, 0.2) is 5.78 Å². The van der Waals surface area contributed by atoms with E-state index >= 15 is 0 Å². The Morgan fingerprint density at radius 3 is 2.92 bits per heavy atom. The topological polar surface area (TPSA) is 29.5 Å². The standard InChI is InChI=1S/C22H23NO2/c1-3-12-23-13-11-22-10-6-5-7-18(22)20(23)21(24)17-9-8-16(15-19(17)22)25-14-4-2/h1-2,8-9,15,18,20H,5-7,10-14H2/t18-,20+,22+/m0/s1. The predicted molar refractivity (Wildman–Crippen MR) is 97.5 cm³/mol. The summed E-state index contributed by atoms with van der Waals surface area (Å²) < 4.78 is 5.65. The third kappa shape index (κ3) is 2.38. The van der Waals surface area contributed by atoms with Crippen LogP contribution in [-0.2, 0) is 5.41 Å². The van der Waals surface area contributed by atoms with E-state index in [0.717, 1.165) is 37.1 Å². The van der Waals surface area contributed by atoms with Crippen molar-refractivity contribution in [2.45, 2.75) is 43.6 Å². The molecule has 1 aromatic carbocycles. The highest BCUT2D eigenvalue weighted by molar-refractivity contribution is 6.04. The van der Waals surface area contributed by atoms with Gasteiger partial charge in [-0.05, 0) is 48.9 Å². The third-order valence-electron chi connectivity index (χ3n) is 6.40. The summed E-state index contributed by atoms with van der Waals surface area (Å²) in [5.41, 5.74) is 2.14. The molecule has 25 heavy (non-hydrogen) atoms. The lowest BCUT2D eigenvalue weighted by molar-refractivity contribution is 0.00301. The molecule has 0 N–H and O–H groups in total. The molecular formula is C22H23NO2. The number of piperidine rings is 1. The molecule has 128 valence electrons. The monoisotopic (exact) mass is 333 g/mol. The number of rotatable bonds is 3. The predicted octanol–water partition coefficient (Wildman–Crippen LogP) is 3.03. The Kier molecular flexibility index (Phi) is 4.06. The molecule has 1 aliphatic heterocycles. The number of benzene rings is 1. The number of terminal acetylenes is 2. The van der Waals surface area contributed by atoms with Crippen LogP contribution in [-0.4, -0.2) is 36.4 Å². The maximum absolute atomic E-state index is 13.3. The van der Waals surface area contributed by atoms with Crippen LogP contribution in [0.2, 0.25) is 0 Å². The van der Waals surface area contributed by atoms with Crippen molar-refractivity contribution >= 4 is 5.78 Å². The number of hydrogen-bond acceptors (Lipinski definition) is 3. The van der Waals surface area contributed by atoms with Crippen molar-refractivity contribution in [3.05, 3.63) is 29.3 Å². The van der Waals surface area contributed by atoms with E-state index in [0.29, 0.717) is 12.5 Å². The summed E-state index contributed by atoms with van der Waals surface area (Å²) in [6.45, 7) is 1.70. The van der Waals surface area contributed by atoms with E-state index in [2.05, 4.69) is 22.8 Å². The molecule has 0 amide bonds. The Balaban J connectivity index is 1.83. The molecule has 0 aromatic heterocycles. The number of carbonyl (C=O) groups excluding carboxylic acids is 1. The number of hydrogen-bond donors (Lipinski definition) is 0. The van der Waals surface area contributed by atoms with Gasteiger partial charge in [0.05, 0.1) is 12.6 Å². The van der Waals surface area contributed by atoms with E-state index in [9.17, 15) is 4.79 Å². The molecule has 3 nitrogen and oxygen atoms in total. The first-order chi connectivity index (χ1) is 12.2. The number of carbonyl (C=O) groups is 1. The molecule has 3 atom stereocenters. The molecule has 2 fully saturated rings. The molecule has 1 aromatic rings. The molecule has 2 bridgehead atoms. The van der Waals surface area contributed by atoms with E-state index < -0.39 is 0 Å². The van der Waals surface area contributed by atoms with Crippen LogP contribution < -0.4 is 4.74 Å². The van der Waals surface area contributed by atoms with Crippen LogP contribution in [0, 0.1) is 30.6 Å². The van der Waals surface area contributed by atoms with Crippen LogP contribution in [0.5, 0.6) is 5.75 Å². The van der Waals surface area contributed by atoms with Gasteiger partial charge in [0, 0.05) is 17.5 Å². The normalized spacial score (nSPS) is 30.6. The minimum atomic E-state index is -0.0601. The zero-order chi connectivity index (χ0) is 17.4. The molecule has 1 saturated carbocycles. The first kappa shape index (κ1) is 16.2. The Labute approximate surface area is 149 Å². The Bertz CT molecular complexity index is 784. The lowest BCUT2D eigenvalue weighted by Gasteiger charge is -2.57. The first-order valence-electron chi connectivity index (χ1n) is 9.14. The van der Waals surface area contributed by atoms with Crippen molar-refractivity contribution < 1.29 is 9.53 Å². The molecule has 2 aliphatic carbocycles. The molecule has 0 unspecified atom stereocenters. The third-order valence-corrected chi connectivity index (χ3v) is 6.40.